The van der Waals surface area contributed by atoms with Gasteiger partial charge in [0.15, 0.2) is 0 Å². The van der Waals surface area contributed by atoms with Crippen LogP contribution in [0.3, 0.4) is 0 Å². The minimum atomic E-state index is -0.971. The number of hydrogen-bond acceptors (Lipinski definition) is 1. The van der Waals surface area contributed by atoms with Gasteiger partial charge in [0.2, 0.25) is 0 Å². The molecule has 4 heteroatoms. The number of halogens is 2. The lowest BCUT2D eigenvalue weighted by Gasteiger charge is -2.27. The first kappa shape index (κ1) is 13.6. The van der Waals surface area contributed by atoms with Crippen molar-refractivity contribution in [2.45, 2.75) is 27.2 Å². The Morgan fingerprint density at radius 3 is 2.35 bits per heavy atom. The minimum absolute atomic E-state index is 0.0605. The van der Waals surface area contributed by atoms with Gasteiger partial charge in [-0.25, -0.2) is 8.78 Å². The molecule has 17 heavy (non-hydrogen) atoms. The van der Waals surface area contributed by atoms with E-state index in [4.69, 9.17) is 5.11 Å². The zero-order valence-corrected chi connectivity index (χ0v) is 10.1. The molecule has 0 bridgehead atoms. The van der Waals surface area contributed by atoms with Crippen LogP contribution in [-0.2, 0) is 11.2 Å². The lowest BCUT2D eigenvalue weighted by molar-refractivity contribution is -0.145. The van der Waals surface area contributed by atoms with Crippen LogP contribution in [-0.4, -0.2) is 11.1 Å². The molecule has 0 aromatic heterocycles. The minimum Gasteiger partial charge on any atom is -0.481 e. The summed E-state index contributed by atoms with van der Waals surface area (Å²) in [5.41, 5.74) is -0.249. The van der Waals surface area contributed by atoms with E-state index >= 15 is 0 Å². The van der Waals surface area contributed by atoms with E-state index in [0.29, 0.717) is 0 Å². The summed E-state index contributed by atoms with van der Waals surface area (Å²) in [6.45, 7) is 5.35. The number of hydrogen-bond donors (Lipinski definition) is 1. The Morgan fingerprint density at radius 1 is 1.35 bits per heavy atom. The van der Waals surface area contributed by atoms with E-state index in [1.807, 2.05) is 0 Å². The second-order valence-corrected chi connectivity index (χ2v) is 5.20. The van der Waals surface area contributed by atoms with E-state index in [-0.39, 0.29) is 12.0 Å². The molecule has 1 unspecified atom stereocenters. The number of carboxylic acids is 1. The van der Waals surface area contributed by atoms with Gasteiger partial charge in [-0.2, -0.15) is 0 Å². The average Bonchev–Trinajstić information content (AvgIpc) is 2.13. The van der Waals surface area contributed by atoms with Crippen molar-refractivity contribution in [3.05, 3.63) is 35.4 Å². The zero-order valence-electron chi connectivity index (χ0n) is 10.1. The predicted molar refractivity (Wildman–Crippen MR) is 60.6 cm³/mol. The van der Waals surface area contributed by atoms with E-state index in [1.165, 1.54) is 6.07 Å². The topological polar surface area (TPSA) is 37.3 Å². The molecule has 0 aliphatic carbocycles. The Balaban J connectivity index is 2.98. The second kappa shape index (κ2) is 4.82. The van der Waals surface area contributed by atoms with Gasteiger partial charge in [0.25, 0.3) is 0 Å². The van der Waals surface area contributed by atoms with Crippen LogP contribution in [0.4, 0.5) is 8.78 Å². The molecule has 0 radical (unpaired) electrons. The Kier molecular flexibility index (Phi) is 3.86. The van der Waals surface area contributed by atoms with Gasteiger partial charge in [-0.05, 0) is 23.5 Å². The number of benzene rings is 1. The van der Waals surface area contributed by atoms with Gasteiger partial charge in [-0.15, -0.1) is 0 Å². The van der Waals surface area contributed by atoms with E-state index in [2.05, 4.69) is 0 Å². The van der Waals surface area contributed by atoms with Crippen LogP contribution >= 0.6 is 0 Å². The van der Waals surface area contributed by atoms with Gasteiger partial charge in [0.1, 0.15) is 11.6 Å². The van der Waals surface area contributed by atoms with Crippen LogP contribution in [0.5, 0.6) is 0 Å². The number of carboxylic acid groups (broad SMARTS) is 1. The monoisotopic (exact) mass is 242 g/mol. The highest BCUT2D eigenvalue weighted by atomic mass is 19.1. The first-order chi connectivity index (χ1) is 7.71. The van der Waals surface area contributed by atoms with Crippen molar-refractivity contribution in [2.75, 3.05) is 0 Å². The van der Waals surface area contributed by atoms with Crippen LogP contribution in [0.25, 0.3) is 0 Å². The Bertz CT molecular complexity index is 422. The summed E-state index contributed by atoms with van der Waals surface area (Å²) >= 11 is 0. The summed E-state index contributed by atoms with van der Waals surface area (Å²) in [4.78, 5) is 11.1. The van der Waals surface area contributed by atoms with Crippen molar-refractivity contribution >= 4 is 5.97 Å². The largest absolute Gasteiger partial charge is 0.481 e. The summed E-state index contributed by atoms with van der Waals surface area (Å²) in [6, 6.07) is 3.21. The van der Waals surface area contributed by atoms with Gasteiger partial charge < -0.3 is 5.11 Å². The van der Waals surface area contributed by atoms with Crippen molar-refractivity contribution in [3.63, 3.8) is 0 Å². The summed E-state index contributed by atoms with van der Waals surface area (Å²) in [6.07, 6.45) is 0.0605. The van der Waals surface area contributed by atoms with Crippen LogP contribution in [0.1, 0.15) is 26.3 Å². The second-order valence-electron chi connectivity index (χ2n) is 5.20. The molecule has 0 heterocycles. The molecule has 1 aromatic carbocycles. The smallest absolute Gasteiger partial charge is 0.307 e. The van der Waals surface area contributed by atoms with Crippen molar-refractivity contribution in [1.29, 1.82) is 0 Å². The highest BCUT2D eigenvalue weighted by molar-refractivity contribution is 5.71. The third-order valence-corrected chi connectivity index (χ3v) is 2.78. The third kappa shape index (κ3) is 3.51. The van der Waals surface area contributed by atoms with Crippen molar-refractivity contribution in [1.82, 2.24) is 0 Å². The fraction of sp³-hybridized carbons (Fsp3) is 0.462. The van der Waals surface area contributed by atoms with Crippen molar-refractivity contribution < 1.29 is 18.7 Å². The maximum absolute atomic E-state index is 13.4. The molecule has 0 spiro atoms. The van der Waals surface area contributed by atoms with E-state index in [1.54, 1.807) is 20.8 Å². The first-order valence-corrected chi connectivity index (χ1v) is 5.38. The van der Waals surface area contributed by atoms with Crippen LogP contribution in [0.2, 0.25) is 0 Å². The van der Waals surface area contributed by atoms with Crippen LogP contribution in [0, 0.1) is 23.0 Å². The van der Waals surface area contributed by atoms with E-state index < -0.39 is 28.9 Å². The molecule has 0 aliphatic heterocycles. The van der Waals surface area contributed by atoms with Gasteiger partial charge >= 0.3 is 5.97 Å². The van der Waals surface area contributed by atoms with E-state index in [9.17, 15) is 13.6 Å². The third-order valence-electron chi connectivity index (χ3n) is 2.78. The molecule has 0 saturated carbocycles. The van der Waals surface area contributed by atoms with Gasteiger partial charge in [-0.3, -0.25) is 4.79 Å². The average molecular weight is 242 g/mol. The summed E-state index contributed by atoms with van der Waals surface area (Å²) in [5.74, 6) is -3.03. The Morgan fingerprint density at radius 2 is 1.94 bits per heavy atom. The normalized spacial score (nSPS) is 13.5. The lowest BCUT2D eigenvalue weighted by Crippen LogP contribution is -2.30. The molecule has 1 rings (SSSR count). The fourth-order valence-electron chi connectivity index (χ4n) is 1.67. The van der Waals surface area contributed by atoms with Crippen LogP contribution in [0.15, 0.2) is 18.2 Å². The molecule has 0 fully saturated rings. The first-order valence-electron chi connectivity index (χ1n) is 5.38. The van der Waals surface area contributed by atoms with Gasteiger partial charge in [-0.1, -0.05) is 26.8 Å². The van der Waals surface area contributed by atoms with Gasteiger partial charge in [0, 0.05) is 6.07 Å². The number of aliphatic carboxylic acids is 1. The molecule has 1 N–H and O–H groups in total. The highest BCUT2D eigenvalue weighted by Gasteiger charge is 2.31. The molecular weight excluding hydrogens is 226 g/mol. The number of carbonyl (C=O) groups is 1. The fourth-order valence-corrected chi connectivity index (χ4v) is 1.67. The summed E-state index contributed by atoms with van der Waals surface area (Å²) in [5, 5.41) is 9.12. The molecule has 94 valence electrons. The lowest BCUT2D eigenvalue weighted by atomic mass is 9.77. The molecule has 0 amide bonds. The zero-order chi connectivity index (χ0) is 13.2. The van der Waals surface area contributed by atoms with Crippen molar-refractivity contribution in [2.24, 2.45) is 11.3 Å². The van der Waals surface area contributed by atoms with Gasteiger partial charge in [0.05, 0.1) is 5.92 Å². The van der Waals surface area contributed by atoms with Crippen LogP contribution < -0.4 is 0 Å². The predicted octanol–water partition coefficient (Wildman–Crippen LogP) is 3.25. The van der Waals surface area contributed by atoms with Crippen molar-refractivity contribution in [3.8, 4) is 0 Å². The molecular formula is C13H16F2O2. The SMILES string of the molecule is CC(C)(C)C(Cc1ccc(F)cc1F)C(=O)O. The molecule has 0 aliphatic rings. The van der Waals surface area contributed by atoms with E-state index in [0.717, 1.165) is 12.1 Å². The Hall–Kier alpha value is -1.45. The molecule has 1 aromatic rings. The molecule has 2 nitrogen and oxygen atoms in total. The standard InChI is InChI=1S/C13H16F2O2/c1-13(2,3)10(12(16)17)6-8-4-5-9(14)7-11(8)15/h4-5,7,10H,6H2,1-3H3,(H,16,17). The summed E-state index contributed by atoms with van der Waals surface area (Å²) < 4.78 is 26.2. The maximum Gasteiger partial charge on any atom is 0.307 e. The quantitative estimate of drug-likeness (QED) is 0.883. The number of rotatable bonds is 3. The maximum atomic E-state index is 13.4. The molecule has 0 saturated heterocycles. The summed E-state index contributed by atoms with van der Waals surface area (Å²) in [7, 11) is 0. The molecule has 1 atom stereocenters. The Labute approximate surface area is 99.3 Å². The highest BCUT2D eigenvalue weighted by Crippen LogP contribution is 2.30.